The summed E-state index contributed by atoms with van der Waals surface area (Å²) in [6, 6.07) is 15.7. The summed E-state index contributed by atoms with van der Waals surface area (Å²) in [4.78, 5) is 16.8. The van der Waals surface area contributed by atoms with E-state index in [0.29, 0.717) is 11.5 Å². The Kier molecular flexibility index (Phi) is 5.24. The normalized spacial score (nSPS) is 16.8. The molecule has 0 bridgehead atoms. The number of rotatable bonds is 6. The van der Waals surface area contributed by atoms with Crippen molar-refractivity contribution in [3.05, 3.63) is 54.1 Å². The minimum Gasteiger partial charge on any atom is -0.493 e. The average molecular weight is 340 g/mol. The van der Waals surface area contributed by atoms with Gasteiger partial charge in [-0.2, -0.15) is 0 Å². The Morgan fingerprint density at radius 2 is 1.84 bits per heavy atom. The van der Waals surface area contributed by atoms with Crippen LogP contribution in [0.15, 0.2) is 48.5 Å². The van der Waals surface area contributed by atoms with E-state index in [4.69, 9.17) is 9.47 Å². The molecule has 0 saturated carbocycles. The molecule has 1 heterocycles. The molecule has 132 valence electrons. The third kappa shape index (κ3) is 3.61. The molecule has 0 spiro atoms. The fourth-order valence-corrected chi connectivity index (χ4v) is 3.11. The maximum atomic E-state index is 12.9. The Bertz CT molecular complexity index is 733. The van der Waals surface area contributed by atoms with Gasteiger partial charge in [-0.15, -0.1) is 0 Å². The van der Waals surface area contributed by atoms with Crippen LogP contribution < -0.4 is 14.4 Å². The number of nitrogens with zero attached hydrogens (tertiary/aromatic N) is 2. The molecule has 0 unspecified atom stereocenters. The van der Waals surface area contributed by atoms with E-state index in [9.17, 15) is 4.79 Å². The van der Waals surface area contributed by atoms with Crippen LogP contribution in [-0.4, -0.2) is 44.7 Å². The molecule has 1 atom stereocenters. The van der Waals surface area contributed by atoms with Gasteiger partial charge in [0.15, 0.2) is 11.5 Å². The monoisotopic (exact) mass is 340 g/mol. The highest BCUT2D eigenvalue weighted by Gasteiger charge is 2.36. The predicted molar refractivity (Wildman–Crippen MR) is 98.2 cm³/mol. The van der Waals surface area contributed by atoms with Crippen LogP contribution in [0.1, 0.15) is 12.0 Å². The fraction of sp³-hybridized carbons (Fsp3) is 0.350. The minimum absolute atomic E-state index is 0.0710. The maximum Gasteiger partial charge on any atom is 0.244 e. The Morgan fingerprint density at radius 1 is 1.12 bits per heavy atom. The number of carbonyl (C=O) groups is 1. The molecule has 1 aliphatic heterocycles. The summed E-state index contributed by atoms with van der Waals surface area (Å²) in [5.74, 6) is 1.38. The maximum absolute atomic E-state index is 12.9. The minimum atomic E-state index is -0.0710. The Morgan fingerprint density at radius 3 is 2.44 bits per heavy atom. The van der Waals surface area contributed by atoms with Gasteiger partial charge in [0.2, 0.25) is 5.91 Å². The first-order valence-electron chi connectivity index (χ1n) is 8.41. The summed E-state index contributed by atoms with van der Waals surface area (Å²) in [5.41, 5.74) is 2.03. The second-order valence-corrected chi connectivity index (χ2v) is 6.20. The topological polar surface area (TPSA) is 42.0 Å². The van der Waals surface area contributed by atoms with Crippen LogP contribution in [0.4, 0.5) is 5.69 Å². The van der Waals surface area contributed by atoms with Crippen LogP contribution >= 0.6 is 0 Å². The second-order valence-electron chi connectivity index (χ2n) is 6.20. The zero-order valence-corrected chi connectivity index (χ0v) is 14.9. The molecule has 0 aliphatic carbocycles. The lowest BCUT2D eigenvalue weighted by Crippen LogP contribution is -2.55. The second kappa shape index (κ2) is 7.57. The van der Waals surface area contributed by atoms with Gasteiger partial charge in [-0.25, -0.2) is 0 Å². The molecule has 25 heavy (non-hydrogen) atoms. The van der Waals surface area contributed by atoms with Gasteiger partial charge in [0, 0.05) is 31.9 Å². The molecule has 0 radical (unpaired) electrons. The Labute approximate surface area is 148 Å². The molecule has 2 aromatic carbocycles. The number of likely N-dealkylation sites (tertiary alicyclic amines) is 1. The van der Waals surface area contributed by atoms with E-state index in [2.05, 4.69) is 17.0 Å². The van der Waals surface area contributed by atoms with Crippen molar-refractivity contribution in [2.24, 2.45) is 0 Å². The van der Waals surface area contributed by atoms with Crippen molar-refractivity contribution in [3.63, 3.8) is 0 Å². The van der Waals surface area contributed by atoms with Crippen LogP contribution in [0.25, 0.3) is 0 Å². The van der Waals surface area contributed by atoms with E-state index in [1.54, 1.807) is 19.1 Å². The van der Waals surface area contributed by atoms with E-state index in [-0.39, 0.29) is 11.9 Å². The molecule has 2 aromatic rings. The lowest BCUT2D eigenvalue weighted by Gasteiger charge is -2.41. The van der Waals surface area contributed by atoms with Crippen molar-refractivity contribution >= 4 is 11.6 Å². The van der Waals surface area contributed by atoms with Crippen LogP contribution in [0.5, 0.6) is 11.5 Å². The summed E-state index contributed by atoms with van der Waals surface area (Å²) < 4.78 is 10.6. The van der Waals surface area contributed by atoms with E-state index in [0.717, 1.165) is 25.2 Å². The van der Waals surface area contributed by atoms with E-state index < -0.39 is 0 Å². The summed E-state index contributed by atoms with van der Waals surface area (Å²) in [6.07, 6.45) is 0.892. The lowest BCUT2D eigenvalue weighted by atomic mass is 10.00. The number of benzene rings is 2. The standard InChI is InChI=1S/C20H24N2O3/c1-21(16-9-10-18(24-2)19(13-16)25-3)20(23)17-11-12-22(17)14-15-7-5-4-6-8-15/h4-10,13,17H,11-12,14H2,1-3H3/t17-/m1/s1. The molecule has 3 rings (SSSR count). The number of anilines is 1. The lowest BCUT2D eigenvalue weighted by molar-refractivity contribution is -0.128. The van der Waals surface area contributed by atoms with Gasteiger partial charge in [0.1, 0.15) is 0 Å². The van der Waals surface area contributed by atoms with Crippen molar-refractivity contribution in [3.8, 4) is 11.5 Å². The molecular weight excluding hydrogens is 316 g/mol. The zero-order valence-electron chi connectivity index (χ0n) is 14.9. The molecule has 1 amide bonds. The predicted octanol–water partition coefficient (Wildman–Crippen LogP) is 2.94. The molecule has 5 heteroatoms. The number of carbonyl (C=O) groups excluding carboxylic acids is 1. The van der Waals surface area contributed by atoms with Gasteiger partial charge < -0.3 is 14.4 Å². The van der Waals surface area contributed by atoms with Crippen LogP contribution in [0.3, 0.4) is 0 Å². The number of hydrogen-bond acceptors (Lipinski definition) is 4. The summed E-state index contributed by atoms with van der Waals surface area (Å²) in [6.45, 7) is 1.75. The largest absolute Gasteiger partial charge is 0.493 e. The Balaban J connectivity index is 1.70. The van der Waals surface area contributed by atoms with Gasteiger partial charge >= 0.3 is 0 Å². The van der Waals surface area contributed by atoms with Gasteiger partial charge in [-0.3, -0.25) is 9.69 Å². The molecule has 1 saturated heterocycles. The van der Waals surface area contributed by atoms with Crippen molar-refractivity contribution in [2.45, 2.75) is 19.0 Å². The van der Waals surface area contributed by atoms with E-state index in [1.165, 1.54) is 5.56 Å². The molecular formula is C20H24N2O3. The number of ether oxygens (including phenoxy) is 2. The van der Waals surface area contributed by atoms with Crippen molar-refractivity contribution in [2.75, 3.05) is 32.7 Å². The van der Waals surface area contributed by atoms with E-state index in [1.807, 2.05) is 43.4 Å². The smallest absolute Gasteiger partial charge is 0.244 e. The van der Waals surface area contributed by atoms with Crippen molar-refractivity contribution in [1.29, 1.82) is 0 Å². The number of amides is 1. The zero-order chi connectivity index (χ0) is 17.8. The highest BCUT2D eigenvalue weighted by molar-refractivity contribution is 5.97. The van der Waals surface area contributed by atoms with Crippen molar-refractivity contribution < 1.29 is 14.3 Å². The quantitative estimate of drug-likeness (QED) is 0.811. The first-order valence-corrected chi connectivity index (χ1v) is 8.41. The Hall–Kier alpha value is -2.53. The molecule has 1 fully saturated rings. The van der Waals surface area contributed by atoms with Gasteiger partial charge in [-0.1, -0.05) is 30.3 Å². The highest BCUT2D eigenvalue weighted by Crippen LogP contribution is 2.32. The van der Waals surface area contributed by atoms with Gasteiger partial charge in [0.25, 0.3) is 0 Å². The summed E-state index contributed by atoms with van der Waals surface area (Å²) >= 11 is 0. The number of likely N-dealkylation sites (N-methyl/N-ethyl adjacent to an activating group) is 1. The van der Waals surface area contributed by atoms with Crippen molar-refractivity contribution in [1.82, 2.24) is 4.90 Å². The average Bonchev–Trinajstić information content (AvgIpc) is 2.64. The van der Waals surface area contributed by atoms with Crippen LogP contribution in [0, 0.1) is 0 Å². The highest BCUT2D eigenvalue weighted by atomic mass is 16.5. The SMILES string of the molecule is COc1ccc(N(C)C(=O)[C@H]2CCN2Cc2ccccc2)cc1OC. The van der Waals surface area contributed by atoms with Crippen LogP contribution in [0.2, 0.25) is 0 Å². The first-order chi connectivity index (χ1) is 12.1. The van der Waals surface area contributed by atoms with Gasteiger partial charge in [-0.05, 0) is 24.1 Å². The summed E-state index contributed by atoms with van der Waals surface area (Å²) in [7, 11) is 5.00. The van der Waals surface area contributed by atoms with E-state index >= 15 is 0 Å². The van der Waals surface area contributed by atoms with Crippen LogP contribution in [-0.2, 0) is 11.3 Å². The third-order valence-electron chi connectivity index (χ3n) is 4.73. The molecule has 0 N–H and O–H groups in total. The number of methoxy groups -OCH3 is 2. The fourth-order valence-electron chi connectivity index (χ4n) is 3.11. The number of hydrogen-bond donors (Lipinski definition) is 0. The third-order valence-corrected chi connectivity index (χ3v) is 4.73. The first kappa shape index (κ1) is 17.3. The molecule has 5 nitrogen and oxygen atoms in total. The molecule has 0 aromatic heterocycles. The molecule has 1 aliphatic rings. The summed E-state index contributed by atoms with van der Waals surface area (Å²) in [5, 5.41) is 0. The van der Waals surface area contributed by atoms with Gasteiger partial charge in [0.05, 0.1) is 20.3 Å².